The molecule has 1 aromatic heterocycles. The fraction of sp³-hybridized carbons (Fsp3) is 0.308. The summed E-state index contributed by atoms with van der Waals surface area (Å²) in [6, 6.07) is 10.1. The number of benzene rings is 1. The Hall–Kier alpha value is -1.77. The van der Waals surface area contributed by atoms with Crippen molar-refractivity contribution in [3.63, 3.8) is 0 Å². The SMILES string of the molecule is Cc1cccc(OCCc2cc(C)[nH]n2)c1. The molecule has 0 amide bonds. The zero-order valence-corrected chi connectivity index (χ0v) is 9.66. The van der Waals surface area contributed by atoms with Gasteiger partial charge in [-0.15, -0.1) is 0 Å². The predicted octanol–water partition coefficient (Wildman–Crippen LogP) is 2.65. The van der Waals surface area contributed by atoms with Gasteiger partial charge in [-0.3, -0.25) is 5.10 Å². The molecule has 0 saturated carbocycles. The van der Waals surface area contributed by atoms with Crippen LogP contribution in [0.5, 0.6) is 5.75 Å². The highest BCUT2D eigenvalue weighted by atomic mass is 16.5. The topological polar surface area (TPSA) is 37.9 Å². The van der Waals surface area contributed by atoms with Gasteiger partial charge in [0.2, 0.25) is 0 Å². The van der Waals surface area contributed by atoms with Crippen LogP contribution in [0.15, 0.2) is 30.3 Å². The summed E-state index contributed by atoms with van der Waals surface area (Å²) in [6.07, 6.45) is 0.832. The number of rotatable bonds is 4. The van der Waals surface area contributed by atoms with E-state index in [0.29, 0.717) is 6.61 Å². The van der Waals surface area contributed by atoms with Gasteiger partial charge in [0.1, 0.15) is 5.75 Å². The Balaban J connectivity index is 1.84. The van der Waals surface area contributed by atoms with Gasteiger partial charge >= 0.3 is 0 Å². The number of hydrogen-bond acceptors (Lipinski definition) is 2. The van der Waals surface area contributed by atoms with Crippen LogP contribution in [-0.4, -0.2) is 16.8 Å². The zero-order chi connectivity index (χ0) is 11.4. The molecule has 0 saturated heterocycles. The molecule has 3 heteroatoms. The minimum absolute atomic E-state index is 0.660. The molecular formula is C13H16N2O. The van der Waals surface area contributed by atoms with E-state index in [1.54, 1.807) is 0 Å². The Morgan fingerprint density at radius 2 is 2.12 bits per heavy atom. The lowest BCUT2D eigenvalue weighted by Gasteiger charge is -2.05. The summed E-state index contributed by atoms with van der Waals surface area (Å²) in [5.74, 6) is 0.923. The van der Waals surface area contributed by atoms with Crippen molar-refractivity contribution < 1.29 is 4.74 Å². The molecule has 1 aromatic carbocycles. The standard InChI is InChI=1S/C13H16N2O/c1-10-4-3-5-13(8-10)16-7-6-12-9-11(2)14-15-12/h3-5,8-9H,6-7H2,1-2H3,(H,14,15). The van der Waals surface area contributed by atoms with Crippen molar-refractivity contribution >= 4 is 0 Å². The van der Waals surface area contributed by atoms with Crippen LogP contribution in [0.25, 0.3) is 0 Å². The number of hydrogen-bond donors (Lipinski definition) is 1. The van der Waals surface area contributed by atoms with Gasteiger partial charge in [-0.05, 0) is 37.6 Å². The first-order valence-electron chi connectivity index (χ1n) is 5.44. The Labute approximate surface area is 95.5 Å². The summed E-state index contributed by atoms with van der Waals surface area (Å²) in [5, 5.41) is 7.08. The second kappa shape index (κ2) is 4.84. The Morgan fingerprint density at radius 3 is 2.81 bits per heavy atom. The first kappa shape index (κ1) is 10.7. The summed E-state index contributed by atoms with van der Waals surface area (Å²) in [6.45, 7) is 4.72. The molecule has 0 atom stereocenters. The van der Waals surface area contributed by atoms with E-state index in [1.807, 2.05) is 31.2 Å². The molecular weight excluding hydrogens is 200 g/mol. The molecule has 0 fully saturated rings. The third-order valence-electron chi connectivity index (χ3n) is 2.38. The van der Waals surface area contributed by atoms with Gasteiger partial charge in [0.05, 0.1) is 12.3 Å². The maximum atomic E-state index is 5.65. The van der Waals surface area contributed by atoms with Gasteiger partial charge in [-0.1, -0.05) is 12.1 Å². The Morgan fingerprint density at radius 1 is 1.25 bits per heavy atom. The Kier molecular flexibility index (Phi) is 3.25. The van der Waals surface area contributed by atoms with Crippen molar-refractivity contribution in [2.75, 3.05) is 6.61 Å². The summed E-state index contributed by atoms with van der Waals surface area (Å²) >= 11 is 0. The third-order valence-corrected chi connectivity index (χ3v) is 2.38. The molecule has 16 heavy (non-hydrogen) atoms. The fourth-order valence-corrected chi connectivity index (χ4v) is 1.58. The number of nitrogens with one attached hydrogen (secondary N) is 1. The van der Waals surface area contributed by atoms with Gasteiger partial charge in [-0.2, -0.15) is 5.10 Å². The summed E-state index contributed by atoms with van der Waals surface area (Å²) < 4.78 is 5.65. The largest absolute Gasteiger partial charge is 0.493 e. The van der Waals surface area contributed by atoms with Gasteiger partial charge in [0, 0.05) is 12.1 Å². The average Bonchev–Trinajstić information content (AvgIpc) is 2.64. The van der Waals surface area contributed by atoms with Gasteiger partial charge in [0.25, 0.3) is 0 Å². The molecule has 0 radical (unpaired) electrons. The first-order chi connectivity index (χ1) is 7.74. The van der Waals surface area contributed by atoms with Crippen LogP contribution < -0.4 is 4.74 Å². The quantitative estimate of drug-likeness (QED) is 0.853. The molecule has 0 bridgehead atoms. The van der Waals surface area contributed by atoms with Crippen molar-refractivity contribution in [2.24, 2.45) is 0 Å². The van der Waals surface area contributed by atoms with E-state index in [9.17, 15) is 0 Å². The van der Waals surface area contributed by atoms with Crippen molar-refractivity contribution in [1.29, 1.82) is 0 Å². The highest BCUT2D eigenvalue weighted by Crippen LogP contribution is 2.12. The maximum Gasteiger partial charge on any atom is 0.119 e. The van der Waals surface area contributed by atoms with Crippen LogP contribution in [0.2, 0.25) is 0 Å². The van der Waals surface area contributed by atoms with Crippen molar-refractivity contribution in [2.45, 2.75) is 20.3 Å². The zero-order valence-electron chi connectivity index (χ0n) is 9.66. The van der Waals surface area contributed by atoms with Crippen LogP contribution in [0.4, 0.5) is 0 Å². The number of aromatic nitrogens is 2. The third kappa shape index (κ3) is 2.86. The van der Waals surface area contributed by atoms with E-state index < -0.39 is 0 Å². The fourth-order valence-electron chi connectivity index (χ4n) is 1.58. The lowest BCUT2D eigenvalue weighted by molar-refractivity contribution is 0.320. The van der Waals surface area contributed by atoms with Crippen LogP contribution >= 0.6 is 0 Å². The van der Waals surface area contributed by atoms with E-state index in [2.05, 4.69) is 23.2 Å². The van der Waals surface area contributed by atoms with Crippen LogP contribution in [-0.2, 0) is 6.42 Å². The lowest BCUT2D eigenvalue weighted by Crippen LogP contribution is -2.01. The molecule has 2 rings (SSSR count). The van der Waals surface area contributed by atoms with Crippen molar-refractivity contribution in [3.05, 3.63) is 47.3 Å². The minimum atomic E-state index is 0.660. The molecule has 0 aliphatic rings. The number of aromatic amines is 1. The highest BCUT2D eigenvalue weighted by molar-refractivity contribution is 5.27. The van der Waals surface area contributed by atoms with Gasteiger partial charge in [0.15, 0.2) is 0 Å². The first-order valence-corrected chi connectivity index (χ1v) is 5.44. The number of aryl methyl sites for hydroxylation is 2. The van der Waals surface area contributed by atoms with E-state index in [-0.39, 0.29) is 0 Å². The van der Waals surface area contributed by atoms with E-state index >= 15 is 0 Å². The molecule has 0 aliphatic carbocycles. The summed E-state index contributed by atoms with van der Waals surface area (Å²) in [7, 11) is 0. The van der Waals surface area contributed by atoms with Crippen molar-refractivity contribution in [3.8, 4) is 5.75 Å². The maximum absolute atomic E-state index is 5.65. The van der Waals surface area contributed by atoms with Crippen LogP contribution in [0.1, 0.15) is 17.0 Å². The van der Waals surface area contributed by atoms with Crippen molar-refractivity contribution in [1.82, 2.24) is 10.2 Å². The summed E-state index contributed by atoms with van der Waals surface area (Å²) in [4.78, 5) is 0. The second-order valence-electron chi connectivity index (χ2n) is 3.96. The number of ether oxygens (including phenoxy) is 1. The van der Waals surface area contributed by atoms with Crippen LogP contribution in [0, 0.1) is 13.8 Å². The smallest absolute Gasteiger partial charge is 0.119 e. The normalized spacial score (nSPS) is 10.4. The molecule has 1 heterocycles. The molecule has 0 spiro atoms. The number of H-pyrrole nitrogens is 1. The lowest BCUT2D eigenvalue weighted by atomic mass is 10.2. The Bertz CT molecular complexity index is 462. The summed E-state index contributed by atoms with van der Waals surface area (Å²) in [5.41, 5.74) is 3.35. The second-order valence-corrected chi connectivity index (χ2v) is 3.96. The van der Waals surface area contributed by atoms with E-state index in [1.165, 1.54) is 5.56 Å². The minimum Gasteiger partial charge on any atom is -0.493 e. The molecule has 0 unspecified atom stereocenters. The molecule has 1 N–H and O–H groups in total. The number of nitrogens with zero attached hydrogens (tertiary/aromatic N) is 1. The molecule has 0 aliphatic heterocycles. The highest BCUT2D eigenvalue weighted by Gasteiger charge is 1.99. The van der Waals surface area contributed by atoms with Gasteiger partial charge in [-0.25, -0.2) is 0 Å². The van der Waals surface area contributed by atoms with E-state index in [0.717, 1.165) is 23.6 Å². The monoisotopic (exact) mass is 216 g/mol. The van der Waals surface area contributed by atoms with Crippen LogP contribution in [0.3, 0.4) is 0 Å². The molecule has 3 nitrogen and oxygen atoms in total. The predicted molar refractivity (Wildman–Crippen MR) is 63.7 cm³/mol. The average molecular weight is 216 g/mol. The van der Waals surface area contributed by atoms with E-state index in [4.69, 9.17) is 4.74 Å². The molecule has 84 valence electrons. The molecule has 2 aromatic rings. The van der Waals surface area contributed by atoms with Gasteiger partial charge < -0.3 is 4.74 Å².